The number of rotatable bonds is 6. The number of ether oxygens (including phenoxy) is 3. The number of amides is 2. The summed E-state index contributed by atoms with van der Waals surface area (Å²) in [6.45, 7) is 3.00. The van der Waals surface area contributed by atoms with Crippen LogP contribution in [0.25, 0.3) is 0 Å². The van der Waals surface area contributed by atoms with Crippen molar-refractivity contribution in [1.29, 1.82) is 0 Å². The van der Waals surface area contributed by atoms with Crippen molar-refractivity contribution in [3.8, 4) is 11.5 Å². The van der Waals surface area contributed by atoms with Crippen LogP contribution in [0.15, 0.2) is 18.2 Å². The molecule has 2 aliphatic heterocycles. The first-order chi connectivity index (χ1) is 16.9. The molecule has 35 heavy (non-hydrogen) atoms. The van der Waals surface area contributed by atoms with E-state index in [4.69, 9.17) is 14.2 Å². The van der Waals surface area contributed by atoms with Gasteiger partial charge in [0.1, 0.15) is 13.2 Å². The summed E-state index contributed by atoms with van der Waals surface area (Å²) in [6.07, 6.45) is 7.78. The third-order valence-corrected chi connectivity index (χ3v) is 9.02. The summed E-state index contributed by atoms with van der Waals surface area (Å²) < 4.78 is 16.5. The lowest BCUT2D eigenvalue weighted by Gasteiger charge is -2.59. The van der Waals surface area contributed by atoms with Crippen molar-refractivity contribution in [3.63, 3.8) is 0 Å². The second kappa shape index (κ2) is 8.71. The molecule has 2 atom stereocenters. The second-order valence-electron chi connectivity index (χ2n) is 11.4. The zero-order valence-electron chi connectivity index (χ0n) is 20.3. The van der Waals surface area contributed by atoms with Gasteiger partial charge in [0.25, 0.3) is 5.91 Å². The van der Waals surface area contributed by atoms with E-state index in [-0.39, 0.29) is 42.8 Å². The van der Waals surface area contributed by atoms with Crippen LogP contribution in [0.5, 0.6) is 11.5 Å². The SMILES string of the molecule is C[C@@H](NC(=O)COC(=O)[C@@H]1CC(=O)N(c2ccc3c(c2)OCCO3)C1)C12CC3CC(CC(C3)C1)C2. The number of benzene rings is 1. The van der Waals surface area contributed by atoms with Gasteiger partial charge in [0.2, 0.25) is 5.91 Å². The van der Waals surface area contributed by atoms with Gasteiger partial charge in [-0.1, -0.05) is 0 Å². The molecule has 2 heterocycles. The second-order valence-corrected chi connectivity index (χ2v) is 11.4. The highest BCUT2D eigenvalue weighted by Gasteiger charge is 2.53. The maximum absolute atomic E-state index is 12.7. The highest BCUT2D eigenvalue weighted by Crippen LogP contribution is 2.61. The Hall–Kier alpha value is -2.77. The standard InChI is InChI=1S/C27H34N2O6/c1-16(27-11-17-6-18(12-27)8-19(7-17)13-27)28-24(30)15-35-26(32)20-9-25(31)29(14-20)21-2-3-22-23(10-21)34-5-4-33-22/h2-3,10,16-20H,4-9,11-15H2,1H3,(H,28,30)/t16-,17?,18?,19?,20-,27?/m1/s1. The van der Waals surface area contributed by atoms with E-state index in [1.54, 1.807) is 23.1 Å². The van der Waals surface area contributed by atoms with E-state index in [1.807, 2.05) is 0 Å². The Bertz CT molecular complexity index is 1000. The fraction of sp³-hybridized carbons (Fsp3) is 0.667. The van der Waals surface area contributed by atoms with Gasteiger partial charge in [-0.25, -0.2) is 0 Å². The van der Waals surface area contributed by atoms with Crippen LogP contribution < -0.4 is 19.7 Å². The number of hydrogen-bond acceptors (Lipinski definition) is 6. The summed E-state index contributed by atoms with van der Waals surface area (Å²) >= 11 is 0. The molecular weight excluding hydrogens is 448 g/mol. The van der Waals surface area contributed by atoms with Crippen molar-refractivity contribution >= 4 is 23.5 Å². The Morgan fingerprint density at radius 1 is 1.09 bits per heavy atom. The van der Waals surface area contributed by atoms with E-state index >= 15 is 0 Å². The van der Waals surface area contributed by atoms with Crippen molar-refractivity contribution in [3.05, 3.63) is 18.2 Å². The van der Waals surface area contributed by atoms with Gasteiger partial charge in [-0.15, -0.1) is 0 Å². The van der Waals surface area contributed by atoms with Crippen LogP contribution >= 0.6 is 0 Å². The molecule has 1 N–H and O–H groups in total. The predicted molar refractivity (Wildman–Crippen MR) is 127 cm³/mol. The van der Waals surface area contributed by atoms with Crippen LogP contribution in [0.4, 0.5) is 5.69 Å². The van der Waals surface area contributed by atoms with Gasteiger partial charge in [0.05, 0.1) is 5.92 Å². The Balaban J connectivity index is 1.01. The zero-order valence-corrected chi connectivity index (χ0v) is 20.3. The highest BCUT2D eigenvalue weighted by atomic mass is 16.6. The van der Waals surface area contributed by atoms with Gasteiger partial charge in [-0.2, -0.15) is 0 Å². The van der Waals surface area contributed by atoms with Crippen molar-refractivity contribution < 1.29 is 28.6 Å². The summed E-state index contributed by atoms with van der Waals surface area (Å²) in [5, 5.41) is 3.14. The van der Waals surface area contributed by atoms with E-state index in [9.17, 15) is 14.4 Å². The van der Waals surface area contributed by atoms with Gasteiger partial charge in [0.15, 0.2) is 18.1 Å². The predicted octanol–water partition coefficient (Wildman–Crippen LogP) is 3.08. The fourth-order valence-electron chi connectivity index (χ4n) is 7.71. The van der Waals surface area contributed by atoms with Crippen LogP contribution in [0, 0.1) is 29.1 Å². The zero-order chi connectivity index (χ0) is 24.2. The first kappa shape index (κ1) is 22.7. The molecule has 1 aromatic carbocycles. The van der Waals surface area contributed by atoms with Crippen molar-refractivity contribution in [2.45, 2.75) is 57.9 Å². The molecule has 8 heteroatoms. The average Bonchev–Trinajstić information content (AvgIpc) is 3.23. The van der Waals surface area contributed by atoms with Crippen molar-refractivity contribution in [1.82, 2.24) is 5.32 Å². The molecule has 4 bridgehead atoms. The number of esters is 1. The molecule has 0 radical (unpaired) electrons. The Morgan fingerprint density at radius 3 is 2.43 bits per heavy atom. The summed E-state index contributed by atoms with van der Waals surface area (Å²) in [6, 6.07) is 5.41. The van der Waals surface area contributed by atoms with E-state index in [2.05, 4.69) is 12.2 Å². The first-order valence-electron chi connectivity index (χ1n) is 13.0. The first-order valence-corrected chi connectivity index (χ1v) is 13.0. The molecule has 2 amide bonds. The molecule has 7 rings (SSSR count). The molecule has 0 unspecified atom stereocenters. The lowest BCUT2D eigenvalue weighted by atomic mass is 9.48. The molecule has 188 valence electrons. The van der Waals surface area contributed by atoms with Crippen molar-refractivity contribution in [2.24, 2.45) is 29.1 Å². The Kier molecular flexibility index (Phi) is 5.65. The number of carbonyl (C=O) groups excluding carboxylic acids is 3. The molecule has 5 fully saturated rings. The molecule has 4 aliphatic carbocycles. The summed E-state index contributed by atoms with van der Waals surface area (Å²) in [4.78, 5) is 39.5. The summed E-state index contributed by atoms with van der Waals surface area (Å²) in [5.41, 5.74) is 0.868. The topological polar surface area (TPSA) is 94.2 Å². The number of hydrogen-bond donors (Lipinski definition) is 1. The van der Waals surface area contributed by atoms with Crippen LogP contribution in [0.1, 0.15) is 51.9 Å². The number of fused-ring (bicyclic) bond motifs is 1. The minimum absolute atomic E-state index is 0.0680. The van der Waals surface area contributed by atoms with Crippen molar-refractivity contribution in [2.75, 3.05) is 31.3 Å². The monoisotopic (exact) mass is 482 g/mol. The quantitative estimate of drug-likeness (QED) is 0.627. The maximum atomic E-state index is 12.7. The van der Waals surface area contributed by atoms with Crippen LogP contribution in [-0.2, 0) is 19.1 Å². The van der Waals surface area contributed by atoms with Crippen LogP contribution in [-0.4, -0.2) is 50.2 Å². The molecule has 8 nitrogen and oxygen atoms in total. The smallest absolute Gasteiger partial charge is 0.311 e. The van der Waals surface area contributed by atoms with Gasteiger partial charge in [0, 0.05) is 30.8 Å². The molecule has 0 spiro atoms. The third kappa shape index (κ3) is 4.25. The number of carbonyl (C=O) groups is 3. The summed E-state index contributed by atoms with van der Waals surface area (Å²) in [5.74, 6) is 2.19. The maximum Gasteiger partial charge on any atom is 0.311 e. The largest absolute Gasteiger partial charge is 0.486 e. The van der Waals surface area contributed by atoms with Crippen LogP contribution in [0.3, 0.4) is 0 Å². The van der Waals surface area contributed by atoms with Gasteiger partial charge in [-0.05, 0) is 80.8 Å². The molecular formula is C27H34N2O6. The average molecular weight is 483 g/mol. The minimum Gasteiger partial charge on any atom is -0.486 e. The van der Waals surface area contributed by atoms with E-state index in [0.29, 0.717) is 30.4 Å². The Labute approximate surface area is 205 Å². The number of anilines is 1. The van der Waals surface area contributed by atoms with Gasteiger partial charge in [-0.3, -0.25) is 14.4 Å². The number of nitrogens with one attached hydrogen (secondary N) is 1. The van der Waals surface area contributed by atoms with Crippen LogP contribution in [0.2, 0.25) is 0 Å². The lowest BCUT2D eigenvalue weighted by Crippen LogP contribution is -2.56. The fourth-order valence-corrected chi connectivity index (χ4v) is 7.71. The normalized spacial score (nSPS) is 33.5. The third-order valence-electron chi connectivity index (χ3n) is 9.02. The molecule has 1 saturated heterocycles. The molecule has 4 saturated carbocycles. The molecule has 6 aliphatic rings. The minimum atomic E-state index is -0.593. The molecule has 1 aromatic rings. The Morgan fingerprint density at radius 2 is 1.74 bits per heavy atom. The number of nitrogens with zero attached hydrogens (tertiary/aromatic N) is 1. The summed E-state index contributed by atoms with van der Waals surface area (Å²) in [7, 11) is 0. The highest BCUT2D eigenvalue weighted by molar-refractivity contribution is 6.00. The van der Waals surface area contributed by atoms with E-state index in [1.165, 1.54) is 38.5 Å². The van der Waals surface area contributed by atoms with E-state index < -0.39 is 11.9 Å². The lowest BCUT2D eigenvalue weighted by molar-refractivity contribution is -0.153. The van der Waals surface area contributed by atoms with Gasteiger partial charge < -0.3 is 24.4 Å². The van der Waals surface area contributed by atoms with E-state index in [0.717, 1.165) is 17.8 Å². The molecule has 0 aromatic heterocycles. The van der Waals surface area contributed by atoms with Gasteiger partial charge >= 0.3 is 5.97 Å².